The van der Waals surface area contributed by atoms with Crippen molar-refractivity contribution in [2.45, 2.75) is 13.5 Å². The van der Waals surface area contributed by atoms with Crippen molar-refractivity contribution in [3.8, 4) is 0 Å². The van der Waals surface area contributed by atoms with Gasteiger partial charge in [-0.25, -0.2) is 0 Å². The minimum absolute atomic E-state index is 0.0319. The molecule has 1 heterocycles. The van der Waals surface area contributed by atoms with Crippen LogP contribution in [-0.4, -0.2) is 19.0 Å². The van der Waals surface area contributed by atoms with Crippen molar-refractivity contribution < 1.29 is 4.79 Å². The summed E-state index contributed by atoms with van der Waals surface area (Å²) in [6, 6.07) is 7.95. The molecule has 0 atom stereocenters. The zero-order chi connectivity index (χ0) is 12.3. The first-order valence-corrected chi connectivity index (χ1v) is 6.38. The van der Waals surface area contributed by atoms with Gasteiger partial charge in [-0.15, -0.1) is 0 Å². The van der Waals surface area contributed by atoms with Crippen molar-refractivity contribution in [1.29, 1.82) is 0 Å². The Labute approximate surface area is 109 Å². The maximum atomic E-state index is 11.8. The fourth-order valence-corrected chi connectivity index (χ4v) is 1.86. The van der Waals surface area contributed by atoms with Gasteiger partial charge in [0.1, 0.15) is 0 Å². The van der Waals surface area contributed by atoms with Crippen LogP contribution < -0.4 is 10.6 Å². The van der Waals surface area contributed by atoms with Crippen LogP contribution in [0.2, 0.25) is 0 Å². The molecule has 1 saturated heterocycles. The summed E-state index contributed by atoms with van der Waals surface area (Å²) in [5.74, 6) is 0.0319. The number of halogens is 1. The van der Waals surface area contributed by atoms with Crippen LogP contribution in [0.15, 0.2) is 39.9 Å². The summed E-state index contributed by atoms with van der Waals surface area (Å²) in [6.07, 6.45) is 0. The SMILES string of the molecule is CC(C(=O)NCc1ccc(Br)cc1)=C1CNC1. The molecule has 0 bridgehead atoms. The van der Waals surface area contributed by atoms with Crippen LogP contribution in [0, 0.1) is 0 Å². The number of amides is 1. The van der Waals surface area contributed by atoms with E-state index in [0.29, 0.717) is 6.54 Å². The molecule has 0 spiro atoms. The molecule has 3 nitrogen and oxygen atoms in total. The summed E-state index contributed by atoms with van der Waals surface area (Å²) in [5.41, 5.74) is 3.16. The van der Waals surface area contributed by atoms with E-state index in [2.05, 4.69) is 26.6 Å². The van der Waals surface area contributed by atoms with Crippen LogP contribution >= 0.6 is 15.9 Å². The smallest absolute Gasteiger partial charge is 0.247 e. The Hall–Kier alpha value is -1.13. The third kappa shape index (κ3) is 3.17. The highest BCUT2D eigenvalue weighted by atomic mass is 79.9. The molecule has 0 radical (unpaired) electrons. The quantitative estimate of drug-likeness (QED) is 0.837. The lowest BCUT2D eigenvalue weighted by atomic mass is 10.0. The van der Waals surface area contributed by atoms with E-state index in [1.807, 2.05) is 31.2 Å². The highest BCUT2D eigenvalue weighted by Gasteiger charge is 2.15. The van der Waals surface area contributed by atoms with Crippen LogP contribution in [0.25, 0.3) is 0 Å². The molecule has 1 fully saturated rings. The Morgan fingerprint density at radius 2 is 2.00 bits per heavy atom. The van der Waals surface area contributed by atoms with Gasteiger partial charge >= 0.3 is 0 Å². The fourth-order valence-electron chi connectivity index (χ4n) is 1.59. The second-order valence-electron chi connectivity index (χ2n) is 4.14. The zero-order valence-electron chi connectivity index (χ0n) is 9.72. The van der Waals surface area contributed by atoms with Crippen molar-refractivity contribution in [2.24, 2.45) is 0 Å². The van der Waals surface area contributed by atoms with Crippen molar-refractivity contribution in [1.82, 2.24) is 10.6 Å². The minimum atomic E-state index is 0.0319. The predicted molar refractivity (Wildman–Crippen MR) is 71.6 cm³/mol. The molecule has 2 N–H and O–H groups in total. The average molecular weight is 295 g/mol. The molecule has 1 aliphatic heterocycles. The molecule has 17 heavy (non-hydrogen) atoms. The van der Waals surface area contributed by atoms with E-state index < -0.39 is 0 Å². The van der Waals surface area contributed by atoms with Gasteiger partial charge in [-0.1, -0.05) is 28.1 Å². The van der Waals surface area contributed by atoms with Gasteiger partial charge in [0.15, 0.2) is 0 Å². The van der Waals surface area contributed by atoms with E-state index in [0.717, 1.165) is 28.7 Å². The van der Waals surface area contributed by atoms with E-state index in [4.69, 9.17) is 0 Å². The van der Waals surface area contributed by atoms with Gasteiger partial charge in [0, 0.05) is 29.7 Å². The van der Waals surface area contributed by atoms with Crippen molar-refractivity contribution >= 4 is 21.8 Å². The summed E-state index contributed by atoms with van der Waals surface area (Å²) in [6.45, 7) is 4.15. The van der Waals surface area contributed by atoms with Gasteiger partial charge in [-0.05, 0) is 30.2 Å². The van der Waals surface area contributed by atoms with Gasteiger partial charge in [0.2, 0.25) is 5.91 Å². The molecule has 0 unspecified atom stereocenters. The lowest BCUT2D eigenvalue weighted by Crippen LogP contribution is -2.37. The Balaban J connectivity index is 1.90. The van der Waals surface area contributed by atoms with E-state index in [9.17, 15) is 4.79 Å². The number of benzene rings is 1. The van der Waals surface area contributed by atoms with Crippen molar-refractivity contribution in [2.75, 3.05) is 13.1 Å². The van der Waals surface area contributed by atoms with E-state index in [1.165, 1.54) is 5.57 Å². The first-order valence-electron chi connectivity index (χ1n) is 5.59. The Morgan fingerprint density at radius 1 is 1.35 bits per heavy atom. The molecule has 4 heteroatoms. The number of hydrogen-bond acceptors (Lipinski definition) is 2. The molecule has 2 rings (SSSR count). The number of hydrogen-bond donors (Lipinski definition) is 2. The van der Waals surface area contributed by atoms with Crippen LogP contribution in [-0.2, 0) is 11.3 Å². The highest BCUT2D eigenvalue weighted by Crippen LogP contribution is 2.11. The maximum Gasteiger partial charge on any atom is 0.247 e. The van der Waals surface area contributed by atoms with E-state index in [1.54, 1.807) is 0 Å². The molecule has 1 aromatic carbocycles. The first-order chi connectivity index (χ1) is 8.16. The number of carbonyl (C=O) groups is 1. The molecule has 0 aromatic heterocycles. The lowest BCUT2D eigenvalue weighted by Gasteiger charge is -2.21. The van der Waals surface area contributed by atoms with E-state index in [-0.39, 0.29) is 5.91 Å². The molecular weight excluding hydrogens is 280 g/mol. The molecule has 1 aliphatic rings. The third-order valence-corrected chi connectivity index (χ3v) is 3.44. The topological polar surface area (TPSA) is 41.1 Å². The number of rotatable bonds is 3. The van der Waals surface area contributed by atoms with Crippen molar-refractivity contribution in [3.05, 3.63) is 45.4 Å². The predicted octanol–water partition coefficient (Wildman–Crippen LogP) is 1.99. The lowest BCUT2D eigenvalue weighted by molar-refractivity contribution is -0.117. The minimum Gasteiger partial charge on any atom is -0.348 e. The van der Waals surface area contributed by atoms with Gasteiger partial charge in [-0.3, -0.25) is 4.79 Å². The average Bonchev–Trinajstić information content (AvgIpc) is 2.25. The van der Waals surface area contributed by atoms with Gasteiger partial charge in [0.05, 0.1) is 0 Å². The fraction of sp³-hybridized carbons (Fsp3) is 0.308. The Bertz CT molecular complexity index is 445. The third-order valence-electron chi connectivity index (χ3n) is 2.91. The van der Waals surface area contributed by atoms with Gasteiger partial charge in [0.25, 0.3) is 0 Å². The maximum absolute atomic E-state index is 11.8. The summed E-state index contributed by atoms with van der Waals surface area (Å²) >= 11 is 3.38. The number of carbonyl (C=O) groups excluding carboxylic acids is 1. The summed E-state index contributed by atoms with van der Waals surface area (Å²) in [7, 11) is 0. The Kier molecular flexibility index (Phi) is 3.97. The standard InChI is InChI=1S/C13H15BrN2O/c1-9(11-7-15-8-11)13(17)16-6-10-2-4-12(14)5-3-10/h2-5,15H,6-8H2,1H3,(H,16,17). The number of nitrogens with one attached hydrogen (secondary N) is 2. The normalized spacial score (nSPS) is 14.1. The Morgan fingerprint density at radius 3 is 2.53 bits per heavy atom. The molecule has 0 aliphatic carbocycles. The molecule has 90 valence electrons. The first kappa shape index (κ1) is 12.3. The monoisotopic (exact) mass is 294 g/mol. The van der Waals surface area contributed by atoms with E-state index >= 15 is 0 Å². The summed E-state index contributed by atoms with van der Waals surface area (Å²) in [5, 5.41) is 6.06. The summed E-state index contributed by atoms with van der Waals surface area (Å²) < 4.78 is 1.05. The van der Waals surface area contributed by atoms with Gasteiger partial charge < -0.3 is 10.6 Å². The summed E-state index contributed by atoms with van der Waals surface area (Å²) in [4.78, 5) is 11.8. The largest absolute Gasteiger partial charge is 0.348 e. The van der Waals surface area contributed by atoms with Crippen LogP contribution in [0.3, 0.4) is 0 Å². The zero-order valence-corrected chi connectivity index (χ0v) is 11.3. The molecular formula is C13H15BrN2O. The van der Waals surface area contributed by atoms with Crippen LogP contribution in [0.4, 0.5) is 0 Å². The molecule has 1 amide bonds. The second-order valence-corrected chi connectivity index (χ2v) is 5.06. The molecule has 1 aromatic rings. The molecule has 0 saturated carbocycles. The second kappa shape index (κ2) is 5.47. The highest BCUT2D eigenvalue weighted by molar-refractivity contribution is 9.10. The van der Waals surface area contributed by atoms with Crippen molar-refractivity contribution in [3.63, 3.8) is 0 Å². The van der Waals surface area contributed by atoms with Gasteiger partial charge in [-0.2, -0.15) is 0 Å². The van der Waals surface area contributed by atoms with Crippen LogP contribution in [0.1, 0.15) is 12.5 Å². The van der Waals surface area contributed by atoms with Crippen LogP contribution in [0.5, 0.6) is 0 Å².